The van der Waals surface area contributed by atoms with Crippen LogP contribution in [0.25, 0.3) is 0 Å². The van der Waals surface area contributed by atoms with Crippen molar-refractivity contribution in [3.63, 3.8) is 0 Å². The summed E-state index contributed by atoms with van der Waals surface area (Å²) in [6.07, 6.45) is 2.19. The summed E-state index contributed by atoms with van der Waals surface area (Å²) in [5, 5.41) is 0. The number of methoxy groups -OCH3 is 4. The largest absolute Gasteiger partial charge is 0.493 e. The van der Waals surface area contributed by atoms with E-state index in [1.54, 1.807) is 28.4 Å². The van der Waals surface area contributed by atoms with E-state index in [0.717, 1.165) is 24.0 Å². The van der Waals surface area contributed by atoms with Gasteiger partial charge in [0.25, 0.3) is 0 Å². The molecule has 0 saturated carbocycles. The minimum absolute atomic E-state index is 0.0544. The van der Waals surface area contributed by atoms with E-state index < -0.39 is 0 Å². The summed E-state index contributed by atoms with van der Waals surface area (Å²) in [6, 6.07) is 11.6. The molecule has 0 bridgehead atoms. The van der Waals surface area contributed by atoms with Crippen molar-refractivity contribution in [1.29, 1.82) is 0 Å². The number of halogens is 2. The summed E-state index contributed by atoms with van der Waals surface area (Å²) in [6.45, 7) is -0.359. The Bertz CT molecular complexity index is 707. The molecule has 2 aromatic carbocycles. The molecule has 1 unspecified atom stereocenters. The average Bonchev–Trinajstić information content (AvgIpc) is 2.77. The molecule has 2 rings (SSSR count). The lowest BCUT2D eigenvalue weighted by molar-refractivity contribution is 0.338. The molecule has 6 heteroatoms. The van der Waals surface area contributed by atoms with E-state index in [1.165, 1.54) is 0 Å². The number of benzene rings is 2. The van der Waals surface area contributed by atoms with Gasteiger partial charge in [-0.1, -0.05) is 12.1 Å². The van der Waals surface area contributed by atoms with Crippen LogP contribution in [0, 0.1) is 5.92 Å². The second kappa shape index (κ2) is 12.8. The second-order valence-corrected chi connectivity index (χ2v) is 6.14. The van der Waals surface area contributed by atoms with Crippen LogP contribution in [-0.2, 0) is 12.8 Å². The number of aryl methyl sites for hydroxylation is 1. The van der Waals surface area contributed by atoms with Crippen LogP contribution < -0.4 is 18.9 Å². The maximum Gasteiger partial charge on any atom is 0.160 e. The van der Waals surface area contributed by atoms with E-state index in [9.17, 15) is 8.78 Å². The SMILES string of the molecule is CF.COc1ccc(CCC(CF)Cc2ccc(OC)c(OC)c2)cc1OC. The molecule has 0 heterocycles. The van der Waals surface area contributed by atoms with Crippen LogP contribution in [0.3, 0.4) is 0 Å². The highest BCUT2D eigenvalue weighted by Gasteiger charge is 2.13. The first kappa shape index (κ1) is 23.5. The Labute approximate surface area is 166 Å². The minimum Gasteiger partial charge on any atom is -0.493 e. The fourth-order valence-electron chi connectivity index (χ4n) is 2.98. The molecule has 0 aliphatic carbocycles. The number of ether oxygens (including phenoxy) is 4. The first-order chi connectivity index (χ1) is 13.6. The first-order valence-corrected chi connectivity index (χ1v) is 9.00. The zero-order valence-corrected chi connectivity index (χ0v) is 17.3. The zero-order chi connectivity index (χ0) is 20.9. The molecular formula is C22H30F2O4. The van der Waals surface area contributed by atoms with Crippen LogP contribution in [0.4, 0.5) is 8.78 Å². The summed E-state index contributed by atoms with van der Waals surface area (Å²) in [5.74, 6) is 2.69. The van der Waals surface area contributed by atoms with Gasteiger partial charge in [0.15, 0.2) is 23.0 Å². The van der Waals surface area contributed by atoms with Crippen molar-refractivity contribution < 1.29 is 27.7 Å². The van der Waals surface area contributed by atoms with Crippen LogP contribution in [0.1, 0.15) is 17.5 Å². The number of alkyl halides is 2. The third-order valence-corrected chi connectivity index (χ3v) is 4.48. The van der Waals surface area contributed by atoms with Gasteiger partial charge in [-0.3, -0.25) is 8.78 Å². The molecule has 1 atom stereocenters. The van der Waals surface area contributed by atoms with Crippen molar-refractivity contribution in [2.75, 3.05) is 42.3 Å². The van der Waals surface area contributed by atoms with Gasteiger partial charge in [-0.2, -0.15) is 0 Å². The summed E-state index contributed by atoms with van der Waals surface area (Å²) in [5.41, 5.74) is 2.14. The van der Waals surface area contributed by atoms with Crippen molar-refractivity contribution in [2.45, 2.75) is 19.3 Å². The minimum atomic E-state index is -0.359. The van der Waals surface area contributed by atoms with Crippen LogP contribution in [0.2, 0.25) is 0 Å². The van der Waals surface area contributed by atoms with Crippen molar-refractivity contribution in [2.24, 2.45) is 5.92 Å². The Kier molecular flexibility index (Phi) is 10.8. The van der Waals surface area contributed by atoms with Crippen LogP contribution in [0.15, 0.2) is 36.4 Å². The van der Waals surface area contributed by atoms with Crippen LogP contribution in [0.5, 0.6) is 23.0 Å². The van der Waals surface area contributed by atoms with E-state index in [-0.39, 0.29) is 12.6 Å². The summed E-state index contributed by atoms with van der Waals surface area (Å²) in [7, 11) is 6.93. The predicted molar refractivity (Wildman–Crippen MR) is 108 cm³/mol. The van der Waals surface area contributed by atoms with E-state index in [2.05, 4.69) is 0 Å². The molecule has 156 valence electrons. The summed E-state index contributed by atoms with van der Waals surface area (Å²) in [4.78, 5) is 0. The van der Waals surface area contributed by atoms with Gasteiger partial charge in [-0.15, -0.1) is 0 Å². The van der Waals surface area contributed by atoms with Gasteiger partial charge < -0.3 is 18.9 Å². The summed E-state index contributed by atoms with van der Waals surface area (Å²) < 4.78 is 44.2. The van der Waals surface area contributed by atoms with Gasteiger partial charge >= 0.3 is 0 Å². The molecule has 28 heavy (non-hydrogen) atoms. The molecule has 0 amide bonds. The fourth-order valence-corrected chi connectivity index (χ4v) is 2.98. The lowest BCUT2D eigenvalue weighted by atomic mass is 9.93. The molecule has 0 N–H and O–H groups in total. The van der Waals surface area contributed by atoms with Crippen molar-refractivity contribution in [3.05, 3.63) is 47.5 Å². The first-order valence-electron chi connectivity index (χ1n) is 9.00. The highest BCUT2D eigenvalue weighted by molar-refractivity contribution is 5.44. The van der Waals surface area contributed by atoms with E-state index >= 15 is 0 Å². The van der Waals surface area contributed by atoms with E-state index in [1.807, 2.05) is 36.4 Å². The Morgan fingerprint density at radius 1 is 0.714 bits per heavy atom. The fraction of sp³-hybridized carbons (Fsp3) is 0.455. The highest BCUT2D eigenvalue weighted by Crippen LogP contribution is 2.30. The molecule has 2 aromatic rings. The smallest absolute Gasteiger partial charge is 0.160 e. The Morgan fingerprint density at radius 2 is 1.18 bits per heavy atom. The molecule has 0 spiro atoms. The van der Waals surface area contributed by atoms with Crippen molar-refractivity contribution in [3.8, 4) is 23.0 Å². The number of rotatable bonds is 10. The number of hydrogen-bond donors (Lipinski definition) is 0. The predicted octanol–water partition coefficient (Wildman–Crippen LogP) is 5.07. The van der Waals surface area contributed by atoms with E-state index in [4.69, 9.17) is 18.9 Å². The third-order valence-electron chi connectivity index (χ3n) is 4.48. The summed E-state index contributed by atoms with van der Waals surface area (Å²) >= 11 is 0. The zero-order valence-electron chi connectivity index (χ0n) is 17.3. The third kappa shape index (κ3) is 6.59. The van der Waals surface area contributed by atoms with Crippen LogP contribution >= 0.6 is 0 Å². The molecule has 0 aliphatic heterocycles. The molecule has 0 saturated heterocycles. The maximum absolute atomic E-state index is 13.5. The highest BCUT2D eigenvalue weighted by atomic mass is 19.1. The van der Waals surface area contributed by atoms with Crippen molar-refractivity contribution in [1.82, 2.24) is 0 Å². The Hall–Kier alpha value is -2.50. The average molecular weight is 396 g/mol. The standard InChI is InChI=1S/C21H27FO4.CH3F/c1-23-18-9-7-15(12-20(18)25-3)5-6-17(14-22)11-16-8-10-19(24-2)21(13-16)26-4;1-2/h7-10,12-13,17H,5-6,11,14H2,1-4H3;1H3. The van der Waals surface area contributed by atoms with Gasteiger partial charge in [0, 0.05) is 0 Å². The van der Waals surface area contributed by atoms with Crippen LogP contribution in [-0.4, -0.2) is 42.3 Å². The number of hydrogen-bond acceptors (Lipinski definition) is 4. The van der Waals surface area contributed by atoms with Gasteiger partial charge in [-0.05, 0) is 60.6 Å². The lowest BCUT2D eigenvalue weighted by Gasteiger charge is -2.16. The van der Waals surface area contributed by atoms with Gasteiger partial charge in [0.2, 0.25) is 0 Å². The monoisotopic (exact) mass is 396 g/mol. The molecule has 0 fully saturated rings. The molecule has 4 nitrogen and oxygen atoms in total. The molecule has 0 radical (unpaired) electrons. The van der Waals surface area contributed by atoms with Gasteiger partial charge in [0.05, 0.1) is 42.3 Å². The van der Waals surface area contributed by atoms with Crippen molar-refractivity contribution >= 4 is 0 Å². The molecule has 0 aliphatic rings. The molecular weight excluding hydrogens is 366 g/mol. The Balaban J connectivity index is 0.00000190. The topological polar surface area (TPSA) is 36.9 Å². The Morgan fingerprint density at radius 3 is 1.64 bits per heavy atom. The van der Waals surface area contributed by atoms with Gasteiger partial charge in [-0.25, -0.2) is 0 Å². The normalized spacial score (nSPS) is 11.1. The van der Waals surface area contributed by atoms with E-state index in [0.29, 0.717) is 36.6 Å². The van der Waals surface area contributed by atoms with Gasteiger partial charge in [0.1, 0.15) is 0 Å². The molecule has 0 aromatic heterocycles. The lowest BCUT2D eigenvalue weighted by Crippen LogP contribution is -2.09. The second-order valence-electron chi connectivity index (χ2n) is 6.14. The quantitative estimate of drug-likeness (QED) is 0.562. The maximum atomic E-state index is 13.5.